The van der Waals surface area contributed by atoms with Crippen LogP contribution in [0.25, 0.3) is 10.9 Å². The summed E-state index contributed by atoms with van der Waals surface area (Å²) in [6.07, 6.45) is 1.53. The predicted molar refractivity (Wildman–Crippen MR) is 119 cm³/mol. The minimum atomic E-state index is -0.497. The third-order valence-corrected chi connectivity index (χ3v) is 5.93. The number of halogens is 1. The molecule has 0 atom stereocenters. The van der Waals surface area contributed by atoms with Crippen molar-refractivity contribution in [2.75, 3.05) is 18.4 Å². The summed E-state index contributed by atoms with van der Waals surface area (Å²) >= 11 is 0. The monoisotopic (exact) mass is 431 g/mol. The second-order valence-electron chi connectivity index (χ2n) is 7.98. The molecule has 32 heavy (non-hydrogen) atoms. The molecule has 0 unspecified atom stereocenters. The summed E-state index contributed by atoms with van der Waals surface area (Å²) in [6.45, 7) is 1.24. The van der Waals surface area contributed by atoms with E-state index in [1.807, 2.05) is 35.2 Å². The fourth-order valence-electron chi connectivity index (χ4n) is 4.16. The molecule has 162 valence electrons. The highest BCUT2D eigenvalue weighted by Gasteiger charge is 2.27. The molecule has 2 aromatic heterocycles. The zero-order chi connectivity index (χ0) is 22.1. The second kappa shape index (κ2) is 8.30. The van der Waals surface area contributed by atoms with Gasteiger partial charge in [0.15, 0.2) is 5.69 Å². The summed E-state index contributed by atoms with van der Waals surface area (Å²) in [4.78, 5) is 30.4. The smallest absolute Gasteiger partial charge is 0.276 e. The van der Waals surface area contributed by atoms with E-state index < -0.39 is 11.7 Å². The maximum absolute atomic E-state index is 13.8. The molecule has 0 spiro atoms. The number of amides is 2. The van der Waals surface area contributed by atoms with Crippen molar-refractivity contribution in [3.05, 3.63) is 83.6 Å². The molecule has 2 aromatic carbocycles. The Hall–Kier alpha value is -3.94. The van der Waals surface area contributed by atoms with Crippen molar-refractivity contribution in [3.63, 3.8) is 0 Å². The molecule has 3 N–H and O–H groups in total. The number of carbonyl (C=O) groups excluding carboxylic acids is 2. The standard InChI is InChI=1S/C24H22FN5O2/c25-17-6-2-4-8-19(17)27-23(31)21-14-20(28-29-21)15-9-11-30(12-10-15)24(32)22-13-16-5-1-3-7-18(16)26-22/h1-8,13-15,26H,9-12H2,(H,27,31)(H,28,29). The molecule has 0 aliphatic carbocycles. The molecule has 1 aliphatic rings. The average Bonchev–Trinajstić information content (AvgIpc) is 3.48. The number of aromatic nitrogens is 3. The van der Waals surface area contributed by atoms with Crippen LogP contribution in [0.15, 0.2) is 60.7 Å². The quantitative estimate of drug-likeness (QED) is 0.450. The van der Waals surface area contributed by atoms with Gasteiger partial charge in [0.25, 0.3) is 11.8 Å². The molecule has 0 bridgehead atoms. The van der Waals surface area contributed by atoms with Crippen LogP contribution in [0.2, 0.25) is 0 Å². The number of carbonyl (C=O) groups is 2. The summed E-state index contributed by atoms with van der Waals surface area (Å²) in [5.74, 6) is -0.800. The number of likely N-dealkylation sites (tertiary alicyclic amines) is 1. The number of aromatic amines is 2. The first-order valence-electron chi connectivity index (χ1n) is 10.6. The normalized spacial score (nSPS) is 14.6. The summed E-state index contributed by atoms with van der Waals surface area (Å²) in [7, 11) is 0. The Balaban J connectivity index is 1.21. The highest BCUT2D eigenvalue weighted by atomic mass is 19.1. The number of H-pyrrole nitrogens is 2. The number of rotatable bonds is 4. The Labute approximate surface area is 183 Å². The fraction of sp³-hybridized carbons (Fsp3) is 0.208. The number of hydrogen-bond acceptors (Lipinski definition) is 3. The number of anilines is 1. The molecule has 0 radical (unpaired) electrons. The minimum Gasteiger partial charge on any atom is -0.351 e. The van der Waals surface area contributed by atoms with Gasteiger partial charge in [-0.15, -0.1) is 0 Å². The number of para-hydroxylation sites is 2. The number of nitrogens with zero attached hydrogens (tertiary/aromatic N) is 2. The van der Waals surface area contributed by atoms with Gasteiger partial charge in [0.05, 0.1) is 5.69 Å². The number of hydrogen-bond donors (Lipinski definition) is 3. The third-order valence-electron chi connectivity index (χ3n) is 5.93. The lowest BCUT2D eigenvalue weighted by molar-refractivity contribution is 0.0707. The van der Waals surface area contributed by atoms with Gasteiger partial charge >= 0.3 is 0 Å². The summed E-state index contributed by atoms with van der Waals surface area (Å²) in [5.41, 5.74) is 2.72. The van der Waals surface area contributed by atoms with Crippen LogP contribution in [0.3, 0.4) is 0 Å². The Kier molecular flexibility index (Phi) is 5.18. The van der Waals surface area contributed by atoms with E-state index in [0.29, 0.717) is 18.8 Å². The lowest BCUT2D eigenvalue weighted by atomic mass is 9.93. The molecule has 5 rings (SSSR count). The van der Waals surface area contributed by atoms with Gasteiger partial charge in [-0.05, 0) is 43.2 Å². The largest absolute Gasteiger partial charge is 0.351 e. The van der Waals surface area contributed by atoms with E-state index in [9.17, 15) is 14.0 Å². The SMILES string of the molecule is O=C(Nc1ccccc1F)c1cc(C2CCN(C(=O)c3cc4ccccc4[nH]3)CC2)[nH]n1. The second-order valence-corrected chi connectivity index (χ2v) is 7.98. The highest BCUT2D eigenvalue weighted by Crippen LogP contribution is 2.28. The number of benzene rings is 2. The van der Waals surface area contributed by atoms with Crippen molar-refractivity contribution < 1.29 is 14.0 Å². The first-order chi connectivity index (χ1) is 15.6. The zero-order valence-corrected chi connectivity index (χ0v) is 17.3. The van der Waals surface area contributed by atoms with E-state index in [1.54, 1.807) is 18.2 Å². The molecule has 8 heteroatoms. The van der Waals surface area contributed by atoms with Gasteiger partial charge in [-0.3, -0.25) is 14.7 Å². The van der Waals surface area contributed by atoms with Crippen LogP contribution < -0.4 is 5.32 Å². The Morgan fingerprint density at radius 1 is 1.03 bits per heavy atom. The van der Waals surface area contributed by atoms with Crippen molar-refractivity contribution in [3.8, 4) is 0 Å². The van der Waals surface area contributed by atoms with Gasteiger partial charge in [0.1, 0.15) is 11.5 Å². The molecule has 2 amide bonds. The average molecular weight is 431 g/mol. The molecule has 1 saturated heterocycles. The molecule has 4 aromatic rings. The van der Waals surface area contributed by atoms with Crippen LogP contribution in [-0.4, -0.2) is 45.0 Å². The van der Waals surface area contributed by atoms with Crippen molar-refractivity contribution in [1.29, 1.82) is 0 Å². The van der Waals surface area contributed by atoms with Gasteiger partial charge < -0.3 is 15.2 Å². The van der Waals surface area contributed by atoms with Gasteiger partial charge in [0.2, 0.25) is 0 Å². The molecule has 3 heterocycles. The maximum Gasteiger partial charge on any atom is 0.276 e. The van der Waals surface area contributed by atoms with Crippen LogP contribution in [0.5, 0.6) is 0 Å². The molecule has 1 fully saturated rings. The van der Waals surface area contributed by atoms with Crippen LogP contribution >= 0.6 is 0 Å². The van der Waals surface area contributed by atoms with Crippen molar-refractivity contribution in [2.45, 2.75) is 18.8 Å². The Morgan fingerprint density at radius 3 is 2.56 bits per heavy atom. The summed E-state index contributed by atoms with van der Waals surface area (Å²) in [6, 6.07) is 17.4. The maximum atomic E-state index is 13.8. The van der Waals surface area contributed by atoms with E-state index in [0.717, 1.165) is 29.4 Å². The molecular weight excluding hydrogens is 409 g/mol. The van der Waals surface area contributed by atoms with Crippen LogP contribution in [-0.2, 0) is 0 Å². The molecule has 1 aliphatic heterocycles. The predicted octanol–water partition coefficient (Wildman–Crippen LogP) is 4.30. The first-order valence-corrected chi connectivity index (χ1v) is 10.6. The van der Waals surface area contributed by atoms with E-state index in [1.165, 1.54) is 12.1 Å². The van der Waals surface area contributed by atoms with Crippen molar-refractivity contribution >= 4 is 28.4 Å². The molecule has 0 saturated carbocycles. The Bertz CT molecular complexity index is 1250. The fourth-order valence-corrected chi connectivity index (χ4v) is 4.16. The number of fused-ring (bicyclic) bond motifs is 1. The first kappa shape index (κ1) is 20.0. The van der Waals surface area contributed by atoms with E-state index in [4.69, 9.17) is 0 Å². The van der Waals surface area contributed by atoms with Crippen LogP contribution in [0.4, 0.5) is 10.1 Å². The molecular formula is C24H22FN5O2. The van der Waals surface area contributed by atoms with Gasteiger partial charge in [-0.2, -0.15) is 5.10 Å². The van der Waals surface area contributed by atoms with Gasteiger partial charge in [-0.25, -0.2) is 4.39 Å². The third kappa shape index (κ3) is 3.87. The lowest BCUT2D eigenvalue weighted by Crippen LogP contribution is -2.38. The van der Waals surface area contributed by atoms with Gasteiger partial charge in [0, 0.05) is 35.6 Å². The number of nitrogens with one attached hydrogen (secondary N) is 3. The highest BCUT2D eigenvalue weighted by molar-refractivity contribution is 6.03. The lowest BCUT2D eigenvalue weighted by Gasteiger charge is -2.31. The van der Waals surface area contributed by atoms with Gasteiger partial charge in [-0.1, -0.05) is 30.3 Å². The van der Waals surface area contributed by atoms with Crippen molar-refractivity contribution in [2.24, 2.45) is 0 Å². The van der Waals surface area contributed by atoms with Crippen molar-refractivity contribution in [1.82, 2.24) is 20.1 Å². The topological polar surface area (TPSA) is 93.9 Å². The summed E-state index contributed by atoms with van der Waals surface area (Å²) in [5, 5.41) is 10.6. The van der Waals surface area contributed by atoms with Crippen LogP contribution in [0.1, 0.15) is 45.4 Å². The van der Waals surface area contributed by atoms with Crippen LogP contribution in [0, 0.1) is 5.82 Å². The van der Waals surface area contributed by atoms with E-state index in [2.05, 4.69) is 20.5 Å². The zero-order valence-electron chi connectivity index (χ0n) is 17.3. The number of piperidine rings is 1. The van der Waals surface area contributed by atoms with E-state index in [-0.39, 0.29) is 23.2 Å². The molecule has 7 nitrogen and oxygen atoms in total. The Morgan fingerprint density at radius 2 is 1.78 bits per heavy atom. The van der Waals surface area contributed by atoms with E-state index >= 15 is 0 Å². The summed E-state index contributed by atoms with van der Waals surface area (Å²) < 4.78 is 13.8. The minimum absolute atomic E-state index is 0.00536.